The first kappa shape index (κ1) is 12.4. The smallest absolute Gasteiger partial charge is 0.259 e. The Kier molecular flexibility index (Phi) is 3.14. The van der Waals surface area contributed by atoms with Crippen molar-refractivity contribution in [1.29, 1.82) is 0 Å². The number of nitrogens with two attached hydrogens (primary N) is 1. The molecule has 0 spiro atoms. The van der Waals surface area contributed by atoms with Gasteiger partial charge in [0.2, 0.25) is 5.88 Å². The van der Waals surface area contributed by atoms with Gasteiger partial charge in [-0.15, -0.1) is 0 Å². The van der Waals surface area contributed by atoms with Gasteiger partial charge in [-0.3, -0.25) is 4.79 Å². The zero-order valence-electron chi connectivity index (χ0n) is 11.1. The van der Waals surface area contributed by atoms with Crippen molar-refractivity contribution in [1.82, 2.24) is 9.88 Å². The number of likely N-dealkylation sites (tertiary alicyclic amines) is 1. The van der Waals surface area contributed by atoms with E-state index in [-0.39, 0.29) is 11.9 Å². The van der Waals surface area contributed by atoms with Gasteiger partial charge in [0.15, 0.2) is 0 Å². The molecule has 2 fully saturated rings. The zero-order chi connectivity index (χ0) is 13.4. The Hall–Kier alpha value is -1.62. The molecule has 3 atom stereocenters. The van der Waals surface area contributed by atoms with Crippen LogP contribution in [0.4, 0.5) is 0 Å². The van der Waals surface area contributed by atoms with Gasteiger partial charge in [0.1, 0.15) is 5.56 Å². The minimum atomic E-state index is 0.00606. The van der Waals surface area contributed by atoms with Crippen LogP contribution in [0, 0.1) is 11.8 Å². The number of aromatic nitrogens is 1. The minimum absolute atomic E-state index is 0.00606. The second kappa shape index (κ2) is 4.81. The van der Waals surface area contributed by atoms with Crippen LogP contribution >= 0.6 is 0 Å². The molecule has 0 aromatic carbocycles. The Balaban J connectivity index is 1.78. The van der Waals surface area contributed by atoms with Gasteiger partial charge in [0, 0.05) is 25.3 Å². The van der Waals surface area contributed by atoms with E-state index in [1.165, 1.54) is 7.11 Å². The van der Waals surface area contributed by atoms with Crippen molar-refractivity contribution >= 4 is 5.91 Å². The van der Waals surface area contributed by atoms with Gasteiger partial charge >= 0.3 is 0 Å². The van der Waals surface area contributed by atoms with Crippen LogP contribution in [-0.4, -0.2) is 42.0 Å². The van der Waals surface area contributed by atoms with Crippen LogP contribution in [0.5, 0.6) is 5.88 Å². The summed E-state index contributed by atoms with van der Waals surface area (Å²) in [5.41, 5.74) is 6.64. The standard InChI is InChI=1S/C14H19N3O2/c1-19-13-10(3-2-6-16-13)14(18)17-7-9-4-5-12(15)11(9)8-17/h2-3,6,9,11-12H,4-5,7-8,15H2,1H3/t9-,11-,12+/m0/s1. The van der Waals surface area contributed by atoms with Crippen molar-refractivity contribution in [3.63, 3.8) is 0 Å². The number of nitrogens with zero attached hydrogens (tertiary/aromatic N) is 2. The summed E-state index contributed by atoms with van der Waals surface area (Å²) in [5.74, 6) is 1.44. The Labute approximate surface area is 112 Å². The third kappa shape index (κ3) is 2.08. The fraction of sp³-hybridized carbons (Fsp3) is 0.571. The van der Waals surface area contributed by atoms with Crippen molar-refractivity contribution in [3.05, 3.63) is 23.9 Å². The molecule has 0 radical (unpaired) electrons. The van der Waals surface area contributed by atoms with Crippen molar-refractivity contribution in [2.45, 2.75) is 18.9 Å². The second-order valence-electron chi connectivity index (χ2n) is 5.44. The third-order valence-corrected chi connectivity index (χ3v) is 4.39. The van der Waals surface area contributed by atoms with Gasteiger partial charge in [-0.1, -0.05) is 0 Å². The van der Waals surface area contributed by atoms with Gasteiger partial charge in [0.25, 0.3) is 5.91 Å². The summed E-state index contributed by atoms with van der Waals surface area (Å²) in [4.78, 5) is 18.5. The van der Waals surface area contributed by atoms with E-state index in [1.54, 1.807) is 18.3 Å². The molecule has 1 aliphatic heterocycles. The van der Waals surface area contributed by atoms with E-state index in [0.29, 0.717) is 23.3 Å². The molecular weight excluding hydrogens is 242 g/mol. The molecule has 1 aromatic rings. The number of pyridine rings is 1. The molecular formula is C14H19N3O2. The molecule has 19 heavy (non-hydrogen) atoms. The molecule has 102 valence electrons. The molecule has 5 nitrogen and oxygen atoms in total. The number of rotatable bonds is 2. The summed E-state index contributed by atoms with van der Waals surface area (Å²) in [5, 5.41) is 0. The van der Waals surface area contributed by atoms with E-state index in [4.69, 9.17) is 10.5 Å². The van der Waals surface area contributed by atoms with Crippen molar-refractivity contribution in [2.75, 3.05) is 20.2 Å². The lowest BCUT2D eigenvalue weighted by Gasteiger charge is -2.19. The maximum Gasteiger partial charge on any atom is 0.259 e. The van der Waals surface area contributed by atoms with Crippen molar-refractivity contribution in [3.8, 4) is 5.88 Å². The highest BCUT2D eigenvalue weighted by molar-refractivity contribution is 5.96. The fourth-order valence-electron chi connectivity index (χ4n) is 3.36. The first-order valence-electron chi connectivity index (χ1n) is 6.74. The maximum atomic E-state index is 12.5. The number of hydrogen-bond donors (Lipinski definition) is 1. The largest absolute Gasteiger partial charge is 0.480 e. The van der Waals surface area contributed by atoms with Crippen LogP contribution in [0.3, 0.4) is 0 Å². The topological polar surface area (TPSA) is 68.5 Å². The van der Waals surface area contributed by atoms with Crippen LogP contribution in [0.1, 0.15) is 23.2 Å². The number of fused-ring (bicyclic) bond motifs is 1. The van der Waals surface area contributed by atoms with E-state index in [1.807, 2.05) is 4.90 Å². The summed E-state index contributed by atoms with van der Waals surface area (Å²) in [7, 11) is 1.54. The Morgan fingerprint density at radius 1 is 1.47 bits per heavy atom. The first-order valence-corrected chi connectivity index (χ1v) is 6.74. The van der Waals surface area contributed by atoms with Gasteiger partial charge < -0.3 is 15.4 Å². The Morgan fingerprint density at radius 2 is 2.32 bits per heavy atom. The molecule has 5 heteroatoms. The molecule has 1 aromatic heterocycles. The normalized spacial score (nSPS) is 29.4. The lowest BCUT2D eigenvalue weighted by Crippen LogP contribution is -2.33. The highest BCUT2D eigenvalue weighted by Crippen LogP contribution is 2.37. The van der Waals surface area contributed by atoms with Gasteiger partial charge in [-0.2, -0.15) is 0 Å². The number of hydrogen-bond acceptors (Lipinski definition) is 4. The van der Waals surface area contributed by atoms with Crippen molar-refractivity contribution < 1.29 is 9.53 Å². The van der Waals surface area contributed by atoms with E-state index in [2.05, 4.69) is 4.98 Å². The first-order chi connectivity index (χ1) is 9.20. The number of carbonyl (C=O) groups excluding carboxylic acids is 1. The molecule has 3 rings (SSSR count). The van der Waals surface area contributed by atoms with E-state index >= 15 is 0 Å². The number of methoxy groups -OCH3 is 1. The Bertz CT molecular complexity index is 491. The van der Waals surface area contributed by atoms with Gasteiger partial charge in [-0.25, -0.2) is 4.98 Å². The molecule has 1 aliphatic carbocycles. The highest BCUT2D eigenvalue weighted by Gasteiger charge is 2.42. The predicted molar refractivity (Wildman–Crippen MR) is 70.9 cm³/mol. The van der Waals surface area contributed by atoms with E-state index < -0.39 is 0 Å². The summed E-state index contributed by atoms with van der Waals surface area (Å²) in [6, 6.07) is 3.78. The van der Waals surface area contributed by atoms with Crippen LogP contribution in [0.2, 0.25) is 0 Å². The molecule has 1 saturated carbocycles. The lowest BCUT2D eigenvalue weighted by molar-refractivity contribution is 0.0775. The molecule has 2 heterocycles. The molecule has 1 amide bonds. The molecule has 0 unspecified atom stereocenters. The fourth-order valence-corrected chi connectivity index (χ4v) is 3.36. The van der Waals surface area contributed by atoms with Crippen LogP contribution < -0.4 is 10.5 Å². The molecule has 2 N–H and O–H groups in total. The van der Waals surface area contributed by atoms with Crippen LogP contribution in [0.25, 0.3) is 0 Å². The van der Waals surface area contributed by atoms with Crippen molar-refractivity contribution in [2.24, 2.45) is 17.6 Å². The third-order valence-electron chi connectivity index (χ3n) is 4.39. The summed E-state index contributed by atoms with van der Waals surface area (Å²) in [6.45, 7) is 1.58. The number of ether oxygens (including phenoxy) is 1. The minimum Gasteiger partial charge on any atom is -0.480 e. The second-order valence-corrected chi connectivity index (χ2v) is 5.44. The highest BCUT2D eigenvalue weighted by atomic mass is 16.5. The van der Waals surface area contributed by atoms with E-state index in [9.17, 15) is 4.79 Å². The van der Waals surface area contributed by atoms with Crippen LogP contribution in [0.15, 0.2) is 18.3 Å². The monoisotopic (exact) mass is 261 g/mol. The SMILES string of the molecule is COc1ncccc1C(=O)N1C[C@@H]2CC[C@@H](N)[C@H]2C1. The maximum absolute atomic E-state index is 12.5. The van der Waals surface area contributed by atoms with Crippen LogP contribution in [-0.2, 0) is 0 Å². The van der Waals surface area contributed by atoms with Gasteiger partial charge in [-0.05, 0) is 36.8 Å². The number of amides is 1. The summed E-state index contributed by atoms with van der Waals surface area (Å²) in [6.07, 6.45) is 3.86. The molecule has 2 aliphatic rings. The Morgan fingerprint density at radius 3 is 3.05 bits per heavy atom. The molecule has 0 bridgehead atoms. The van der Waals surface area contributed by atoms with Gasteiger partial charge in [0.05, 0.1) is 7.11 Å². The average Bonchev–Trinajstić information content (AvgIpc) is 3.00. The summed E-state index contributed by atoms with van der Waals surface area (Å²) >= 11 is 0. The molecule has 1 saturated heterocycles. The predicted octanol–water partition coefficient (Wildman–Crippen LogP) is 0.900. The number of carbonyl (C=O) groups is 1. The average molecular weight is 261 g/mol. The summed E-state index contributed by atoms with van der Waals surface area (Å²) < 4.78 is 5.16. The quantitative estimate of drug-likeness (QED) is 0.859. The van der Waals surface area contributed by atoms with E-state index in [0.717, 1.165) is 25.9 Å². The lowest BCUT2D eigenvalue weighted by atomic mass is 9.98. The zero-order valence-corrected chi connectivity index (χ0v) is 11.1.